The average molecular weight is 325 g/mol. The van der Waals surface area contributed by atoms with Crippen LogP contribution in [0.2, 0.25) is 5.02 Å². The van der Waals surface area contributed by atoms with Crippen LogP contribution in [0.3, 0.4) is 0 Å². The quantitative estimate of drug-likeness (QED) is 0.902. The van der Waals surface area contributed by atoms with Gasteiger partial charge in [-0.05, 0) is 44.0 Å². The highest BCUT2D eigenvalue weighted by atomic mass is 35.5. The number of hydrogen-bond donors (Lipinski definition) is 1. The number of amides is 2. The van der Waals surface area contributed by atoms with Crippen molar-refractivity contribution < 1.29 is 14.3 Å². The molecule has 0 bridgehead atoms. The summed E-state index contributed by atoms with van der Waals surface area (Å²) in [6.45, 7) is 2.70. The first-order valence-corrected chi connectivity index (χ1v) is 7.82. The molecule has 2 N–H and O–H groups in total. The first-order valence-electron chi connectivity index (χ1n) is 7.44. The Bertz CT molecular complexity index is 533. The highest BCUT2D eigenvalue weighted by Gasteiger charge is 2.31. The maximum atomic E-state index is 12.3. The van der Waals surface area contributed by atoms with Crippen LogP contribution in [0, 0.1) is 5.92 Å². The lowest BCUT2D eigenvalue weighted by molar-refractivity contribution is -0.138. The zero-order valence-corrected chi connectivity index (χ0v) is 13.4. The maximum Gasteiger partial charge on any atom is 0.226 e. The van der Waals surface area contributed by atoms with Crippen molar-refractivity contribution in [1.29, 1.82) is 0 Å². The van der Waals surface area contributed by atoms with Gasteiger partial charge in [-0.3, -0.25) is 9.59 Å². The lowest BCUT2D eigenvalue weighted by Crippen LogP contribution is -2.48. The van der Waals surface area contributed by atoms with E-state index in [0.717, 1.165) is 12.8 Å². The van der Waals surface area contributed by atoms with E-state index in [4.69, 9.17) is 22.1 Å². The molecule has 2 atom stereocenters. The average Bonchev–Trinajstić information content (AvgIpc) is 2.49. The Hall–Kier alpha value is -1.75. The van der Waals surface area contributed by atoms with E-state index in [1.54, 1.807) is 29.2 Å². The van der Waals surface area contributed by atoms with Gasteiger partial charge < -0.3 is 15.4 Å². The second-order valence-electron chi connectivity index (χ2n) is 5.62. The number of primary amides is 1. The minimum Gasteiger partial charge on any atom is -0.493 e. The molecule has 0 radical (unpaired) electrons. The van der Waals surface area contributed by atoms with Gasteiger partial charge in [0.2, 0.25) is 11.8 Å². The van der Waals surface area contributed by atoms with Crippen LogP contribution < -0.4 is 10.5 Å². The van der Waals surface area contributed by atoms with Crippen molar-refractivity contribution in [3.05, 3.63) is 29.3 Å². The van der Waals surface area contributed by atoms with Gasteiger partial charge in [-0.1, -0.05) is 11.6 Å². The van der Waals surface area contributed by atoms with Gasteiger partial charge >= 0.3 is 0 Å². The SMILES string of the molecule is C[C@@H]1CC[C@@H](C(N)=O)CN1C(=O)CCOc1ccc(Cl)cc1. The molecule has 2 rings (SSSR count). The Labute approximate surface area is 135 Å². The number of piperidine rings is 1. The van der Waals surface area contributed by atoms with Gasteiger partial charge in [-0.25, -0.2) is 0 Å². The number of ether oxygens (including phenoxy) is 1. The molecule has 1 saturated heterocycles. The number of nitrogens with two attached hydrogens (primary N) is 1. The van der Waals surface area contributed by atoms with Gasteiger partial charge in [0.05, 0.1) is 18.9 Å². The Morgan fingerprint density at radius 3 is 2.64 bits per heavy atom. The molecule has 120 valence electrons. The molecule has 0 spiro atoms. The third-order valence-corrected chi connectivity index (χ3v) is 4.26. The van der Waals surface area contributed by atoms with E-state index < -0.39 is 0 Å². The van der Waals surface area contributed by atoms with Crippen LogP contribution in [-0.2, 0) is 9.59 Å². The first-order chi connectivity index (χ1) is 10.5. The van der Waals surface area contributed by atoms with Crippen molar-refractivity contribution in [2.24, 2.45) is 11.7 Å². The molecule has 0 aliphatic carbocycles. The zero-order chi connectivity index (χ0) is 16.1. The second-order valence-corrected chi connectivity index (χ2v) is 6.06. The lowest BCUT2D eigenvalue weighted by atomic mass is 9.92. The standard InChI is InChI=1S/C16H21ClN2O3/c1-11-2-3-12(16(18)21)10-19(11)15(20)8-9-22-14-6-4-13(17)5-7-14/h4-7,11-12H,2-3,8-10H2,1H3,(H2,18,21)/t11-,12-/m1/s1. The molecule has 0 saturated carbocycles. The molecule has 6 heteroatoms. The van der Waals surface area contributed by atoms with Crippen LogP contribution in [0.15, 0.2) is 24.3 Å². The molecule has 1 fully saturated rings. The minimum atomic E-state index is -0.331. The molecule has 1 aliphatic rings. The number of carbonyl (C=O) groups excluding carboxylic acids is 2. The fraction of sp³-hybridized carbons (Fsp3) is 0.500. The summed E-state index contributed by atoms with van der Waals surface area (Å²) in [7, 11) is 0. The molecule has 0 aromatic heterocycles. The van der Waals surface area contributed by atoms with E-state index in [-0.39, 0.29) is 30.2 Å². The van der Waals surface area contributed by atoms with Gasteiger partial charge in [0.15, 0.2) is 0 Å². The molecule has 1 aliphatic heterocycles. The van der Waals surface area contributed by atoms with Crippen LogP contribution in [0.4, 0.5) is 0 Å². The van der Waals surface area contributed by atoms with Gasteiger partial charge in [0, 0.05) is 17.6 Å². The number of rotatable bonds is 5. The molecular formula is C16H21ClN2O3. The summed E-state index contributed by atoms with van der Waals surface area (Å²) in [5, 5.41) is 0.642. The molecule has 1 heterocycles. The second kappa shape index (κ2) is 7.49. The largest absolute Gasteiger partial charge is 0.493 e. The summed E-state index contributed by atoms with van der Waals surface area (Å²) in [6, 6.07) is 7.14. The summed E-state index contributed by atoms with van der Waals surface area (Å²) < 4.78 is 5.53. The number of benzene rings is 1. The topological polar surface area (TPSA) is 72.6 Å². The van der Waals surface area contributed by atoms with E-state index >= 15 is 0 Å². The molecule has 2 amide bonds. The van der Waals surface area contributed by atoms with E-state index in [2.05, 4.69) is 0 Å². The Morgan fingerprint density at radius 2 is 2.00 bits per heavy atom. The smallest absolute Gasteiger partial charge is 0.226 e. The highest BCUT2D eigenvalue weighted by Crippen LogP contribution is 2.22. The number of halogens is 1. The fourth-order valence-corrected chi connectivity index (χ4v) is 2.74. The van der Waals surface area contributed by atoms with Crippen molar-refractivity contribution in [3.63, 3.8) is 0 Å². The van der Waals surface area contributed by atoms with Crippen LogP contribution >= 0.6 is 11.6 Å². The predicted molar refractivity (Wildman–Crippen MR) is 84.7 cm³/mol. The maximum absolute atomic E-state index is 12.3. The molecule has 22 heavy (non-hydrogen) atoms. The molecule has 5 nitrogen and oxygen atoms in total. The zero-order valence-electron chi connectivity index (χ0n) is 12.6. The molecule has 1 aromatic rings. The van der Waals surface area contributed by atoms with Crippen molar-refractivity contribution in [2.75, 3.05) is 13.2 Å². The number of hydrogen-bond acceptors (Lipinski definition) is 3. The summed E-state index contributed by atoms with van der Waals surface area (Å²) >= 11 is 5.80. The minimum absolute atomic E-state index is 0.00702. The van der Waals surface area contributed by atoms with Crippen molar-refractivity contribution in [3.8, 4) is 5.75 Å². The Kier molecular flexibility index (Phi) is 5.66. The van der Waals surface area contributed by atoms with Crippen molar-refractivity contribution in [1.82, 2.24) is 4.90 Å². The van der Waals surface area contributed by atoms with E-state index in [1.807, 2.05) is 6.92 Å². The normalized spacial score (nSPS) is 21.5. The first kappa shape index (κ1) is 16.6. The van der Waals surface area contributed by atoms with Crippen LogP contribution in [0.5, 0.6) is 5.75 Å². The van der Waals surface area contributed by atoms with Crippen LogP contribution in [0.1, 0.15) is 26.2 Å². The monoisotopic (exact) mass is 324 g/mol. The number of likely N-dealkylation sites (tertiary alicyclic amines) is 1. The highest BCUT2D eigenvalue weighted by molar-refractivity contribution is 6.30. The van der Waals surface area contributed by atoms with Gasteiger partial charge in [-0.15, -0.1) is 0 Å². The van der Waals surface area contributed by atoms with Crippen molar-refractivity contribution in [2.45, 2.75) is 32.2 Å². The summed E-state index contributed by atoms with van der Waals surface area (Å²) in [4.78, 5) is 25.3. The van der Waals surface area contributed by atoms with Crippen molar-refractivity contribution >= 4 is 23.4 Å². The van der Waals surface area contributed by atoms with Gasteiger partial charge in [0.1, 0.15) is 5.75 Å². The third kappa shape index (κ3) is 4.37. The van der Waals surface area contributed by atoms with Gasteiger partial charge in [0.25, 0.3) is 0 Å². The van der Waals surface area contributed by atoms with Crippen LogP contribution in [0.25, 0.3) is 0 Å². The fourth-order valence-electron chi connectivity index (χ4n) is 2.62. The van der Waals surface area contributed by atoms with Crippen LogP contribution in [-0.4, -0.2) is 35.9 Å². The van der Waals surface area contributed by atoms with E-state index in [0.29, 0.717) is 23.9 Å². The lowest BCUT2D eigenvalue weighted by Gasteiger charge is -2.37. The molecule has 1 aromatic carbocycles. The number of carbonyl (C=O) groups is 2. The van der Waals surface area contributed by atoms with Gasteiger partial charge in [-0.2, -0.15) is 0 Å². The Morgan fingerprint density at radius 1 is 1.32 bits per heavy atom. The molecular weight excluding hydrogens is 304 g/mol. The van der Waals surface area contributed by atoms with E-state index in [1.165, 1.54) is 0 Å². The third-order valence-electron chi connectivity index (χ3n) is 4.00. The predicted octanol–water partition coefficient (Wildman–Crippen LogP) is 2.22. The number of nitrogens with zero attached hydrogens (tertiary/aromatic N) is 1. The Balaban J connectivity index is 1.82. The van der Waals surface area contributed by atoms with E-state index in [9.17, 15) is 9.59 Å². The summed E-state index contributed by atoms with van der Waals surface area (Å²) in [5.74, 6) is 0.103. The summed E-state index contributed by atoms with van der Waals surface area (Å²) in [5.41, 5.74) is 5.35. The molecule has 0 unspecified atom stereocenters. The summed E-state index contributed by atoms with van der Waals surface area (Å²) in [6.07, 6.45) is 1.83.